The molecule has 0 amide bonds. The number of phenolic OH excluding ortho intramolecular Hbond substituents is 1. The van der Waals surface area contributed by atoms with Crippen LogP contribution in [-0.2, 0) is 0 Å². The molecule has 0 saturated carbocycles. The first-order chi connectivity index (χ1) is 12.5. The quantitative estimate of drug-likeness (QED) is 0.811. The van der Waals surface area contributed by atoms with E-state index in [0.717, 1.165) is 25.2 Å². The summed E-state index contributed by atoms with van der Waals surface area (Å²) >= 11 is 0. The summed E-state index contributed by atoms with van der Waals surface area (Å²) in [5, 5.41) is 10.0. The molecule has 2 aromatic rings. The lowest BCUT2D eigenvalue weighted by molar-refractivity contribution is 0.0306. The molecule has 1 heterocycles. The van der Waals surface area contributed by atoms with Crippen molar-refractivity contribution >= 4 is 0 Å². The van der Waals surface area contributed by atoms with E-state index >= 15 is 0 Å². The van der Waals surface area contributed by atoms with Gasteiger partial charge in [0.2, 0.25) is 0 Å². The summed E-state index contributed by atoms with van der Waals surface area (Å²) < 4.78 is 0. The second-order valence-electron chi connectivity index (χ2n) is 7.55. The van der Waals surface area contributed by atoms with Crippen molar-refractivity contribution in [2.75, 3.05) is 19.6 Å². The predicted molar refractivity (Wildman–Crippen MR) is 109 cm³/mol. The zero-order valence-electron chi connectivity index (χ0n) is 16.1. The normalized spacial score (nSPS) is 22.9. The molecule has 2 aromatic carbocycles. The Morgan fingerprint density at radius 1 is 1.08 bits per heavy atom. The molecule has 3 nitrogen and oxygen atoms in total. The fourth-order valence-corrected chi connectivity index (χ4v) is 4.02. The molecule has 1 fully saturated rings. The summed E-state index contributed by atoms with van der Waals surface area (Å²) in [5.74, 6) is 0.325. The molecule has 1 aliphatic heterocycles. The lowest BCUT2D eigenvalue weighted by Gasteiger charge is -2.47. The molecule has 3 heteroatoms. The number of benzene rings is 2. The van der Waals surface area contributed by atoms with Crippen molar-refractivity contribution in [3.63, 3.8) is 0 Å². The molecule has 0 spiro atoms. The zero-order chi connectivity index (χ0) is 18.7. The van der Waals surface area contributed by atoms with Crippen LogP contribution in [0.4, 0.5) is 0 Å². The molecular weight excluding hydrogens is 320 g/mol. The van der Waals surface area contributed by atoms with E-state index in [4.69, 9.17) is 0 Å². The Balaban J connectivity index is 1.98. The van der Waals surface area contributed by atoms with Gasteiger partial charge in [0.25, 0.3) is 0 Å². The number of aryl methyl sites for hydroxylation is 1. The summed E-state index contributed by atoms with van der Waals surface area (Å²) in [6.45, 7) is 13.5. The molecule has 1 unspecified atom stereocenters. The minimum Gasteiger partial charge on any atom is -0.508 e. The van der Waals surface area contributed by atoms with Gasteiger partial charge >= 0.3 is 0 Å². The molecule has 138 valence electrons. The van der Waals surface area contributed by atoms with E-state index in [2.05, 4.69) is 67.5 Å². The molecular formula is C23H30N2O. The highest BCUT2D eigenvalue weighted by Gasteiger charge is 2.34. The van der Waals surface area contributed by atoms with E-state index < -0.39 is 0 Å². The maximum absolute atomic E-state index is 10.0. The highest BCUT2D eigenvalue weighted by Crippen LogP contribution is 2.34. The Bertz CT molecular complexity index is 740. The minimum atomic E-state index is 0.144. The van der Waals surface area contributed by atoms with Crippen LogP contribution in [0.1, 0.15) is 36.6 Å². The Morgan fingerprint density at radius 2 is 1.81 bits per heavy atom. The fourth-order valence-electron chi connectivity index (χ4n) is 4.02. The van der Waals surface area contributed by atoms with Crippen molar-refractivity contribution < 1.29 is 5.11 Å². The van der Waals surface area contributed by atoms with E-state index in [0.29, 0.717) is 17.8 Å². The average Bonchev–Trinajstić information content (AvgIpc) is 2.61. The van der Waals surface area contributed by atoms with Gasteiger partial charge in [-0.05, 0) is 44.0 Å². The predicted octanol–water partition coefficient (Wildman–Crippen LogP) is 4.37. The largest absolute Gasteiger partial charge is 0.508 e. The number of hydrogen-bond donors (Lipinski definition) is 1. The van der Waals surface area contributed by atoms with Gasteiger partial charge in [0.1, 0.15) is 5.75 Å². The molecule has 0 radical (unpaired) electrons. The van der Waals surface area contributed by atoms with Crippen LogP contribution in [0, 0.1) is 6.92 Å². The maximum atomic E-state index is 10.0. The van der Waals surface area contributed by atoms with Crippen LogP contribution in [0.15, 0.2) is 61.2 Å². The van der Waals surface area contributed by atoms with Crippen LogP contribution in [0.25, 0.3) is 0 Å². The van der Waals surface area contributed by atoms with Gasteiger partial charge in [0.05, 0.1) is 6.04 Å². The van der Waals surface area contributed by atoms with Crippen LogP contribution < -0.4 is 0 Å². The van der Waals surface area contributed by atoms with E-state index in [1.165, 1.54) is 11.1 Å². The Morgan fingerprint density at radius 3 is 2.46 bits per heavy atom. The standard InChI is InChI=1S/C23H30N2O/c1-5-13-24-15-19(4)25(16-18(24)3)23(20-11-9-17(2)10-12-20)21-7-6-8-22(26)14-21/h5-12,14,18-19,23,26H,1,13,15-16H2,2-4H3/t18-,19+,23?/m1/s1. The van der Waals surface area contributed by atoms with E-state index in [9.17, 15) is 5.11 Å². The lowest BCUT2D eigenvalue weighted by Crippen LogP contribution is -2.57. The molecule has 0 aromatic heterocycles. The third kappa shape index (κ3) is 4.00. The van der Waals surface area contributed by atoms with Crippen LogP contribution >= 0.6 is 0 Å². The van der Waals surface area contributed by atoms with E-state index in [1.807, 2.05) is 18.2 Å². The fraction of sp³-hybridized carbons (Fsp3) is 0.391. The van der Waals surface area contributed by atoms with E-state index in [1.54, 1.807) is 6.07 Å². The monoisotopic (exact) mass is 350 g/mol. The van der Waals surface area contributed by atoms with Crippen molar-refractivity contribution in [1.82, 2.24) is 9.80 Å². The summed E-state index contributed by atoms with van der Waals surface area (Å²) in [4.78, 5) is 5.06. The number of hydrogen-bond acceptors (Lipinski definition) is 3. The smallest absolute Gasteiger partial charge is 0.115 e. The second-order valence-corrected chi connectivity index (χ2v) is 7.55. The molecule has 1 N–H and O–H groups in total. The molecule has 0 aliphatic carbocycles. The van der Waals surface area contributed by atoms with Crippen LogP contribution in [-0.4, -0.2) is 46.6 Å². The third-order valence-electron chi connectivity index (χ3n) is 5.44. The SMILES string of the molecule is C=CCN1C[C@H](C)N(C(c2ccc(C)cc2)c2cccc(O)c2)C[C@H]1C. The lowest BCUT2D eigenvalue weighted by atomic mass is 9.93. The number of rotatable bonds is 5. The van der Waals surface area contributed by atoms with Crippen molar-refractivity contribution in [2.45, 2.75) is 38.9 Å². The van der Waals surface area contributed by atoms with Gasteiger partial charge in [0.15, 0.2) is 0 Å². The summed E-state index contributed by atoms with van der Waals surface area (Å²) in [7, 11) is 0. The summed E-state index contributed by atoms with van der Waals surface area (Å²) in [5.41, 5.74) is 3.68. The van der Waals surface area contributed by atoms with Gasteiger partial charge in [-0.2, -0.15) is 0 Å². The Hall–Kier alpha value is -2.10. The van der Waals surface area contributed by atoms with Gasteiger partial charge in [-0.1, -0.05) is 48.0 Å². The number of aromatic hydroxyl groups is 1. The second kappa shape index (κ2) is 8.07. The van der Waals surface area contributed by atoms with Crippen LogP contribution in [0.3, 0.4) is 0 Å². The van der Waals surface area contributed by atoms with Crippen molar-refractivity contribution in [3.8, 4) is 5.75 Å². The topological polar surface area (TPSA) is 26.7 Å². The van der Waals surface area contributed by atoms with Gasteiger partial charge < -0.3 is 5.11 Å². The highest BCUT2D eigenvalue weighted by atomic mass is 16.3. The van der Waals surface area contributed by atoms with Crippen molar-refractivity contribution in [3.05, 3.63) is 77.9 Å². The maximum Gasteiger partial charge on any atom is 0.115 e. The molecule has 3 rings (SSSR count). The van der Waals surface area contributed by atoms with Crippen molar-refractivity contribution in [1.29, 1.82) is 0 Å². The first-order valence-corrected chi connectivity index (χ1v) is 9.45. The third-order valence-corrected chi connectivity index (χ3v) is 5.44. The van der Waals surface area contributed by atoms with Crippen molar-refractivity contribution in [2.24, 2.45) is 0 Å². The number of piperazine rings is 1. The minimum absolute atomic E-state index is 0.144. The summed E-state index contributed by atoms with van der Waals surface area (Å²) in [6.07, 6.45) is 1.99. The summed E-state index contributed by atoms with van der Waals surface area (Å²) in [6, 6.07) is 17.5. The first kappa shape index (κ1) is 18.7. The average molecular weight is 351 g/mol. The highest BCUT2D eigenvalue weighted by molar-refractivity contribution is 5.37. The number of nitrogens with zero attached hydrogens (tertiary/aromatic N) is 2. The molecule has 0 bridgehead atoms. The number of phenols is 1. The van der Waals surface area contributed by atoms with Gasteiger partial charge in [-0.3, -0.25) is 9.80 Å². The molecule has 1 saturated heterocycles. The molecule has 3 atom stereocenters. The van der Waals surface area contributed by atoms with E-state index in [-0.39, 0.29) is 6.04 Å². The van der Waals surface area contributed by atoms with Crippen LogP contribution in [0.2, 0.25) is 0 Å². The molecule has 1 aliphatic rings. The van der Waals surface area contributed by atoms with Gasteiger partial charge in [-0.15, -0.1) is 6.58 Å². The van der Waals surface area contributed by atoms with Gasteiger partial charge in [0, 0.05) is 31.7 Å². The van der Waals surface area contributed by atoms with Gasteiger partial charge in [-0.25, -0.2) is 0 Å². The molecule has 26 heavy (non-hydrogen) atoms. The Labute approximate surface area is 157 Å². The van der Waals surface area contributed by atoms with Crippen LogP contribution in [0.5, 0.6) is 5.75 Å². The Kier molecular flexibility index (Phi) is 5.80. The first-order valence-electron chi connectivity index (χ1n) is 9.45. The zero-order valence-corrected chi connectivity index (χ0v) is 16.1.